The van der Waals surface area contributed by atoms with E-state index in [4.69, 9.17) is 4.74 Å². The zero-order valence-electron chi connectivity index (χ0n) is 24.2. The summed E-state index contributed by atoms with van der Waals surface area (Å²) in [7, 11) is 1.69. The van der Waals surface area contributed by atoms with Gasteiger partial charge in [-0.25, -0.2) is 0 Å². The molecule has 2 aromatic carbocycles. The van der Waals surface area contributed by atoms with Gasteiger partial charge in [0.2, 0.25) is 11.3 Å². The quantitative estimate of drug-likeness (QED) is 0.0903. The molecule has 9 heteroatoms. The lowest BCUT2D eigenvalue weighted by Gasteiger charge is -2.10. The van der Waals surface area contributed by atoms with Gasteiger partial charge in [-0.3, -0.25) is 14.4 Å². The van der Waals surface area contributed by atoms with E-state index in [0.29, 0.717) is 42.9 Å². The van der Waals surface area contributed by atoms with E-state index in [-0.39, 0.29) is 41.0 Å². The van der Waals surface area contributed by atoms with E-state index in [1.165, 1.54) is 30.5 Å². The van der Waals surface area contributed by atoms with Crippen molar-refractivity contribution >= 4 is 17.8 Å². The number of nitrogens with zero attached hydrogens (tertiary/aromatic N) is 1. The SMILES string of the molecule is CC(C)=CCc1c(O)ccc(C(=O)/C=C/c2ccc(OCCCCCC(=O)NCc3cc(=O)c(O)cn3C)cc2)c1O. The average molecular weight is 575 g/mol. The second-order valence-corrected chi connectivity index (χ2v) is 10.3. The molecule has 3 aromatic rings. The first kappa shape index (κ1) is 31.7. The number of aryl methyl sites for hydroxylation is 1. The number of allylic oxidation sites excluding steroid dienone is 3. The van der Waals surface area contributed by atoms with Crippen molar-refractivity contribution in [1.82, 2.24) is 9.88 Å². The molecule has 1 heterocycles. The Morgan fingerprint density at radius 1 is 0.976 bits per heavy atom. The Labute approximate surface area is 245 Å². The van der Waals surface area contributed by atoms with Crippen molar-refractivity contribution in [3.8, 4) is 23.0 Å². The predicted octanol–water partition coefficient (Wildman–Crippen LogP) is 5.16. The number of rotatable bonds is 14. The minimum Gasteiger partial charge on any atom is -0.508 e. The minimum absolute atomic E-state index is 0.0522. The lowest BCUT2D eigenvalue weighted by molar-refractivity contribution is -0.121. The summed E-state index contributed by atoms with van der Waals surface area (Å²) in [4.78, 5) is 36.4. The van der Waals surface area contributed by atoms with Crippen molar-refractivity contribution in [3.63, 3.8) is 0 Å². The molecule has 3 rings (SSSR count). The smallest absolute Gasteiger partial charge is 0.223 e. The first-order chi connectivity index (χ1) is 20.0. The van der Waals surface area contributed by atoms with Crippen LogP contribution >= 0.6 is 0 Å². The van der Waals surface area contributed by atoms with Crippen LogP contribution < -0.4 is 15.5 Å². The monoisotopic (exact) mass is 574 g/mol. The van der Waals surface area contributed by atoms with Gasteiger partial charge >= 0.3 is 0 Å². The summed E-state index contributed by atoms with van der Waals surface area (Å²) in [6.07, 6.45) is 9.22. The zero-order valence-corrected chi connectivity index (χ0v) is 24.2. The third-order valence-corrected chi connectivity index (χ3v) is 6.65. The number of hydrogen-bond acceptors (Lipinski definition) is 7. The molecule has 42 heavy (non-hydrogen) atoms. The molecule has 0 saturated carbocycles. The maximum atomic E-state index is 12.7. The number of amides is 1. The van der Waals surface area contributed by atoms with Gasteiger partial charge in [0, 0.05) is 37.0 Å². The van der Waals surface area contributed by atoms with E-state index < -0.39 is 5.43 Å². The van der Waals surface area contributed by atoms with Crippen LogP contribution in [0, 0.1) is 0 Å². The van der Waals surface area contributed by atoms with E-state index in [2.05, 4.69) is 5.32 Å². The van der Waals surface area contributed by atoms with Crippen molar-refractivity contribution < 1.29 is 29.6 Å². The Morgan fingerprint density at radius 2 is 1.71 bits per heavy atom. The number of aromatic hydroxyl groups is 3. The van der Waals surface area contributed by atoms with E-state index in [0.717, 1.165) is 24.0 Å². The summed E-state index contributed by atoms with van der Waals surface area (Å²) in [6.45, 7) is 4.55. The van der Waals surface area contributed by atoms with E-state index >= 15 is 0 Å². The van der Waals surface area contributed by atoms with Crippen LogP contribution in [0.3, 0.4) is 0 Å². The lowest BCUT2D eigenvalue weighted by atomic mass is 10.0. The molecule has 0 fully saturated rings. The van der Waals surface area contributed by atoms with E-state index in [1.54, 1.807) is 17.7 Å². The summed E-state index contributed by atoms with van der Waals surface area (Å²) in [6, 6.07) is 11.4. The van der Waals surface area contributed by atoms with Crippen LogP contribution in [-0.4, -0.2) is 38.2 Å². The maximum absolute atomic E-state index is 12.7. The van der Waals surface area contributed by atoms with Gasteiger partial charge in [-0.2, -0.15) is 0 Å². The topological polar surface area (TPSA) is 138 Å². The van der Waals surface area contributed by atoms with Gasteiger partial charge in [-0.05, 0) is 75.4 Å². The number of hydrogen-bond donors (Lipinski definition) is 4. The number of unbranched alkanes of at least 4 members (excludes halogenated alkanes) is 2. The molecule has 0 aliphatic rings. The Hall–Kier alpha value is -4.79. The van der Waals surface area contributed by atoms with Crippen LogP contribution in [0.15, 0.2) is 71.2 Å². The molecule has 0 radical (unpaired) electrons. The number of ketones is 1. The van der Waals surface area contributed by atoms with Crippen molar-refractivity contribution in [3.05, 3.63) is 99.0 Å². The van der Waals surface area contributed by atoms with Crippen molar-refractivity contribution in [2.24, 2.45) is 7.05 Å². The van der Waals surface area contributed by atoms with Crippen LogP contribution in [0.1, 0.15) is 66.7 Å². The van der Waals surface area contributed by atoms with Crippen molar-refractivity contribution in [2.45, 2.75) is 52.5 Å². The molecule has 0 saturated heterocycles. The van der Waals surface area contributed by atoms with Crippen LogP contribution in [0.2, 0.25) is 0 Å². The van der Waals surface area contributed by atoms with Gasteiger partial charge in [0.05, 0.1) is 18.7 Å². The van der Waals surface area contributed by atoms with Gasteiger partial charge in [0.25, 0.3) is 0 Å². The Morgan fingerprint density at radius 3 is 2.43 bits per heavy atom. The molecule has 0 spiro atoms. The molecule has 0 aliphatic heterocycles. The maximum Gasteiger partial charge on any atom is 0.223 e. The zero-order chi connectivity index (χ0) is 30.6. The standard InChI is InChI=1S/C33H38N2O7/c1-22(2)8-14-26-29(37)17-15-27(33(26)41)28(36)16-11-23-9-12-25(13-10-23)42-18-6-4-5-7-32(40)34-20-24-19-30(38)31(39)21-35(24)3/h8-13,15-17,19,21,37,39,41H,4-7,14,18,20H2,1-3H3,(H,34,40)/b16-11+. The van der Waals surface area contributed by atoms with Crippen LogP contribution in [-0.2, 0) is 24.8 Å². The summed E-state index contributed by atoms with van der Waals surface area (Å²) in [5.41, 5.74) is 2.40. The minimum atomic E-state index is -0.477. The fraction of sp³-hybridized carbons (Fsp3) is 0.303. The van der Waals surface area contributed by atoms with Crippen molar-refractivity contribution in [1.29, 1.82) is 0 Å². The fourth-order valence-electron chi connectivity index (χ4n) is 4.13. The number of nitrogens with one attached hydrogen (secondary N) is 1. The van der Waals surface area contributed by atoms with Crippen LogP contribution in [0.5, 0.6) is 23.0 Å². The third kappa shape index (κ3) is 9.40. The molecular weight excluding hydrogens is 536 g/mol. The Kier molecular flexibility index (Phi) is 11.5. The predicted molar refractivity (Wildman–Crippen MR) is 162 cm³/mol. The fourth-order valence-corrected chi connectivity index (χ4v) is 4.13. The summed E-state index contributed by atoms with van der Waals surface area (Å²) >= 11 is 0. The van der Waals surface area contributed by atoms with E-state index in [1.807, 2.05) is 44.2 Å². The second kappa shape index (κ2) is 15.3. The number of carbonyl (C=O) groups excluding carboxylic acids is 2. The number of carbonyl (C=O) groups is 2. The molecule has 0 unspecified atom stereocenters. The third-order valence-electron chi connectivity index (χ3n) is 6.65. The highest BCUT2D eigenvalue weighted by Gasteiger charge is 2.15. The highest BCUT2D eigenvalue weighted by atomic mass is 16.5. The largest absolute Gasteiger partial charge is 0.508 e. The van der Waals surface area contributed by atoms with Gasteiger partial charge < -0.3 is 29.9 Å². The van der Waals surface area contributed by atoms with Crippen molar-refractivity contribution in [2.75, 3.05) is 6.61 Å². The number of phenolic OH excluding ortho intramolecular Hbond substituents is 2. The molecule has 4 N–H and O–H groups in total. The molecule has 1 aromatic heterocycles. The Balaban J connectivity index is 1.38. The number of ether oxygens (including phenoxy) is 1. The summed E-state index contributed by atoms with van der Waals surface area (Å²) in [5, 5.41) is 32.9. The first-order valence-corrected chi connectivity index (χ1v) is 13.8. The number of pyridine rings is 1. The number of phenols is 2. The summed E-state index contributed by atoms with van der Waals surface area (Å²) in [5.74, 6) is -0.380. The highest BCUT2D eigenvalue weighted by molar-refractivity contribution is 6.09. The highest BCUT2D eigenvalue weighted by Crippen LogP contribution is 2.32. The normalized spacial score (nSPS) is 10.9. The molecule has 222 valence electrons. The number of aromatic nitrogens is 1. The molecule has 0 atom stereocenters. The molecule has 1 amide bonds. The van der Waals surface area contributed by atoms with Gasteiger partial charge in [0.15, 0.2) is 11.5 Å². The Bertz CT molecular complexity index is 1510. The lowest BCUT2D eigenvalue weighted by Crippen LogP contribution is -2.25. The molecular formula is C33H38N2O7. The second-order valence-electron chi connectivity index (χ2n) is 10.3. The van der Waals surface area contributed by atoms with Crippen LogP contribution in [0.25, 0.3) is 6.08 Å². The first-order valence-electron chi connectivity index (χ1n) is 13.8. The average Bonchev–Trinajstić information content (AvgIpc) is 2.95. The van der Waals surface area contributed by atoms with Gasteiger partial charge in [-0.1, -0.05) is 29.9 Å². The molecule has 0 aliphatic carbocycles. The van der Waals surface area contributed by atoms with Gasteiger partial charge in [0.1, 0.15) is 17.2 Å². The van der Waals surface area contributed by atoms with Gasteiger partial charge in [-0.15, -0.1) is 0 Å². The van der Waals surface area contributed by atoms with Crippen LogP contribution in [0.4, 0.5) is 0 Å². The molecule has 0 bridgehead atoms. The number of benzene rings is 2. The molecule has 9 nitrogen and oxygen atoms in total. The van der Waals surface area contributed by atoms with E-state index in [9.17, 15) is 29.7 Å². The summed E-state index contributed by atoms with van der Waals surface area (Å²) < 4.78 is 7.38.